The molecular formula is C16H16N6O4. The van der Waals surface area contributed by atoms with E-state index in [9.17, 15) is 20.0 Å². The Morgan fingerprint density at radius 3 is 2.77 bits per heavy atom. The van der Waals surface area contributed by atoms with Gasteiger partial charge in [0.15, 0.2) is 0 Å². The van der Waals surface area contributed by atoms with E-state index in [0.29, 0.717) is 24.6 Å². The van der Waals surface area contributed by atoms with Crippen molar-refractivity contribution in [2.24, 2.45) is 0 Å². The molecule has 0 radical (unpaired) electrons. The summed E-state index contributed by atoms with van der Waals surface area (Å²) in [5.74, 6) is 0.459. The number of carbonyl (C=O) groups is 1. The first-order valence-corrected chi connectivity index (χ1v) is 8.10. The van der Waals surface area contributed by atoms with E-state index in [1.54, 1.807) is 24.4 Å². The molecule has 2 aromatic rings. The zero-order chi connectivity index (χ0) is 18.3. The molecule has 134 valence electrons. The molecule has 10 nitrogen and oxygen atoms in total. The van der Waals surface area contributed by atoms with Crippen LogP contribution in [0.3, 0.4) is 0 Å². The molecule has 2 fully saturated rings. The van der Waals surface area contributed by atoms with Crippen LogP contribution in [0, 0.1) is 10.1 Å². The average molecular weight is 356 g/mol. The number of hydrogen-bond acceptors (Lipinski definition) is 7. The first-order valence-electron chi connectivity index (χ1n) is 8.10. The van der Waals surface area contributed by atoms with Crippen LogP contribution < -0.4 is 10.2 Å². The molecule has 4 rings (SSSR count). The van der Waals surface area contributed by atoms with E-state index in [2.05, 4.69) is 20.2 Å². The molecule has 2 saturated heterocycles. The van der Waals surface area contributed by atoms with Gasteiger partial charge in [0, 0.05) is 37.1 Å². The third kappa shape index (κ3) is 2.75. The minimum Gasteiger partial charge on any atom is -0.465 e. The number of piperazine rings is 1. The summed E-state index contributed by atoms with van der Waals surface area (Å²) in [6.45, 7) is 1.04. The van der Waals surface area contributed by atoms with Gasteiger partial charge in [-0.3, -0.25) is 10.1 Å². The van der Waals surface area contributed by atoms with Gasteiger partial charge in [-0.15, -0.1) is 0 Å². The van der Waals surface area contributed by atoms with E-state index in [4.69, 9.17) is 0 Å². The highest BCUT2D eigenvalue weighted by Gasteiger charge is 2.45. The van der Waals surface area contributed by atoms with Crippen LogP contribution in [-0.4, -0.2) is 56.2 Å². The lowest BCUT2D eigenvalue weighted by molar-refractivity contribution is -0.383. The third-order valence-electron chi connectivity index (χ3n) is 4.84. The van der Waals surface area contributed by atoms with E-state index in [1.165, 1.54) is 17.3 Å². The van der Waals surface area contributed by atoms with Crippen molar-refractivity contribution in [3.05, 3.63) is 46.9 Å². The van der Waals surface area contributed by atoms with E-state index < -0.39 is 11.0 Å². The minimum atomic E-state index is -0.896. The number of fused-ring (bicyclic) bond motifs is 2. The minimum absolute atomic E-state index is 0.0361. The largest absolute Gasteiger partial charge is 0.465 e. The summed E-state index contributed by atoms with van der Waals surface area (Å²) in [6.07, 6.45) is 2.79. The Morgan fingerprint density at radius 1 is 1.31 bits per heavy atom. The van der Waals surface area contributed by atoms with Gasteiger partial charge in [0.05, 0.1) is 11.0 Å². The lowest BCUT2D eigenvalue weighted by Gasteiger charge is -2.34. The average Bonchev–Trinajstić information content (AvgIpc) is 3.23. The molecule has 2 aliphatic rings. The molecule has 26 heavy (non-hydrogen) atoms. The number of benzene rings is 1. The van der Waals surface area contributed by atoms with Crippen LogP contribution in [0.2, 0.25) is 0 Å². The van der Waals surface area contributed by atoms with Crippen LogP contribution in [0.25, 0.3) is 0 Å². The summed E-state index contributed by atoms with van der Waals surface area (Å²) in [7, 11) is 0. The summed E-state index contributed by atoms with van der Waals surface area (Å²) in [5, 5.41) is 23.5. The van der Waals surface area contributed by atoms with Crippen LogP contribution in [0.1, 0.15) is 6.42 Å². The second kappa shape index (κ2) is 6.14. The van der Waals surface area contributed by atoms with Gasteiger partial charge in [-0.2, -0.15) is 0 Å². The Labute approximate surface area is 148 Å². The van der Waals surface area contributed by atoms with Gasteiger partial charge in [0.2, 0.25) is 0 Å². The quantitative estimate of drug-likeness (QED) is 0.630. The standard InChI is InChI=1S/C16H16N6O4/c23-16(24)21-8-11-5-12(21)7-20(11)10-1-2-14(22(25)26)13(6-10)19-15-3-4-17-9-18-15/h1-4,6,9,11-12H,5,7-8H2,(H,23,24)(H,17,18,19)/t11-,12-/m1/s1. The van der Waals surface area contributed by atoms with Gasteiger partial charge in [-0.05, 0) is 24.6 Å². The molecule has 2 N–H and O–H groups in total. The first kappa shape index (κ1) is 16.1. The number of anilines is 3. The maximum atomic E-state index is 11.3. The number of aromatic nitrogens is 2. The fourth-order valence-electron chi connectivity index (χ4n) is 3.68. The predicted molar refractivity (Wildman–Crippen MR) is 92.7 cm³/mol. The van der Waals surface area contributed by atoms with E-state index in [0.717, 1.165) is 12.1 Å². The number of nitrogens with zero attached hydrogens (tertiary/aromatic N) is 5. The van der Waals surface area contributed by atoms with Gasteiger partial charge < -0.3 is 20.2 Å². The van der Waals surface area contributed by atoms with Crippen molar-refractivity contribution in [1.82, 2.24) is 14.9 Å². The summed E-state index contributed by atoms with van der Waals surface area (Å²) in [6, 6.07) is 6.55. The number of rotatable bonds is 4. The maximum absolute atomic E-state index is 11.3. The molecule has 0 spiro atoms. The van der Waals surface area contributed by atoms with Crippen molar-refractivity contribution in [2.75, 3.05) is 23.3 Å². The van der Waals surface area contributed by atoms with Crippen molar-refractivity contribution in [3.8, 4) is 0 Å². The van der Waals surface area contributed by atoms with Crippen LogP contribution in [0.15, 0.2) is 36.8 Å². The highest BCUT2D eigenvalue weighted by atomic mass is 16.6. The van der Waals surface area contributed by atoms with Crippen molar-refractivity contribution in [3.63, 3.8) is 0 Å². The molecule has 2 atom stereocenters. The van der Waals surface area contributed by atoms with Crippen LogP contribution in [0.5, 0.6) is 0 Å². The van der Waals surface area contributed by atoms with Gasteiger partial charge in [0.25, 0.3) is 5.69 Å². The highest BCUT2D eigenvalue weighted by Crippen LogP contribution is 2.38. The lowest BCUT2D eigenvalue weighted by Crippen LogP contribution is -2.48. The summed E-state index contributed by atoms with van der Waals surface area (Å²) >= 11 is 0. The van der Waals surface area contributed by atoms with Gasteiger partial charge in [-0.25, -0.2) is 14.8 Å². The SMILES string of the molecule is O=C(O)N1C[C@H]2C[C@@H]1CN2c1ccc([N+](=O)[O-])c(Nc2ccncn2)c1. The molecule has 2 aliphatic heterocycles. The molecule has 1 aromatic heterocycles. The van der Waals surface area contributed by atoms with Crippen molar-refractivity contribution in [2.45, 2.75) is 18.5 Å². The fraction of sp³-hybridized carbons (Fsp3) is 0.312. The van der Waals surface area contributed by atoms with Gasteiger partial charge in [-0.1, -0.05) is 0 Å². The van der Waals surface area contributed by atoms with Crippen molar-refractivity contribution in [1.29, 1.82) is 0 Å². The zero-order valence-electron chi connectivity index (χ0n) is 13.6. The summed E-state index contributed by atoms with van der Waals surface area (Å²) < 4.78 is 0. The number of carboxylic acid groups (broad SMARTS) is 1. The number of nitrogens with one attached hydrogen (secondary N) is 1. The number of amides is 1. The smallest absolute Gasteiger partial charge is 0.407 e. The Hall–Kier alpha value is -3.43. The second-order valence-corrected chi connectivity index (χ2v) is 6.31. The molecule has 10 heteroatoms. The van der Waals surface area contributed by atoms with Crippen molar-refractivity contribution < 1.29 is 14.8 Å². The number of nitro groups is 1. The second-order valence-electron chi connectivity index (χ2n) is 6.31. The van der Waals surface area contributed by atoms with Crippen molar-refractivity contribution >= 4 is 29.0 Å². The normalized spacial score (nSPS) is 21.1. The zero-order valence-corrected chi connectivity index (χ0v) is 13.6. The van der Waals surface area contributed by atoms with Crippen LogP contribution in [-0.2, 0) is 0 Å². The van der Waals surface area contributed by atoms with Crippen LogP contribution in [0.4, 0.5) is 27.7 Å². The first-order chi connectivity index (χ1) is 12.5. The maximum Gasteiger partial charge on any atom is 0.407 e. The van der Waals surface area contributed by atoms with Crippen LogP contribution >= 0.6 is 0 Å². The Morgan fingerprint density at radius 2 is 2.15 bits per heavy atom. The summed E-state index contributed by atoms with van der Waals surface area (Å²) in [4.78, 5) is 33.6. The van der Waals surface area contributed by atoms with E-state index >= 15 is 0 Å². The molecule has 1 aromatic carbocycles. The monoisotopic (exact) mass is 356 g/mol. The topological polar surface area (TPSA) is 125 Å². The summed E-state index contributed by atoms with van der Waals surface area (Å²) in [5.41, 5.74) is 1.11. The Balaban J connectivity index is 1.62. The molecule has 0 unspecified atom stereocenters. The molecular weight excluding hydrogens is 340 g/mol. The van der Waals surface area contributed by atoms with Gasteiger partial charge >= 0.3 is 6.09 Å². The molecule has 1 amide bonds. The molecule has 0 aliphatic carbocycles. The van der Waals surface area contributed by atoms with Gasteiger partial charge in [0.1, 0.15) is 17.8 Å². The fourth-order valence-corrected chi connectivity index (χ4v) is 3.68. The number of nitro benzene ring substituents is 1. The highest BCUT2D eigenvalue weighted by molar-refractivity contribution is 5.74. The molecule has 2 bridgehead atoms. The van der Waals surface area contributed by atoms with E-state index in [1.807, 2.05) is 0 Å². The Bertz CT molecular complexity index is 861. The molecule has 3 heterocycles. The number of likely N-dealkylation sites (tertiary alicyclic amines) is 1. The predicted octanol–water partition coefficient (Wildman–Crippen LogP) is 2.07. The van der Waals surface area contributed by atoms with E-state index in [-0.39, 0.29) is 17.8 Å². The Kier molecular flexibility index (Phi) is 3.79. The molecule has 0 saturated carbocycles. The lowest BCUT2D eigenvalue weighted by atomic mass is 10.2. The third-order valence-corrected chi connectivity index (χ3v) is 4.84. The number of hydrogen-bond donors (Lipinski definition) is 2.